The summed E-state index contributed by atoms with van der Waals surface area (Å²) in [6, 6.07) is 0.704. The molecule has 1 aromatic heterocycles. The first-order chi connectivity index (χ1) is 12.3. The molecule has 1 aromatic rings. The fraction of sp³-hybridized carbons (Fsp3) is 0.810. The molecule has 0 bridgehead atoms. The van der Waals surface area contributed by atoms with Gasteiger partial charge in [-0.3, -0.25) is 4.98 Å². The van der Waals surface area contributed by atoms with Crippen LogP contribution in [0.4, 0.5) is 0 Å². The van der Waals surface area contributed by atoms with Gasteiger partial charge in [-0.15, -0.1) is 0 Å². The maximum absolute atomic E-state index is 7.13. The minimum absolute atomic E-state index is 0.704. The number of hydrogen-bond acceptors (Lipinski definition) is 2. The lowest BCUT2D eigenvalue weighted by Crippen LogP contribution is -2.36. The van der Waals surface area contributed by atoms with Crippen LogP contribution in [0.15, 0.2) is 18.7 Å². The summed E-state index contributed by atoms with van der Waals surface area (Å²) in [6.45, 7) is 4.58. The highest BCUT2D eigenvalue weighted by atomic mass is 32.1. The Morgan fingerprint density at radius 3 is 1.84 bits per heavy atom. The van der Waals surface area contributed by atoms with Crippen molar-refractivity contribution in [2.24, 2.45) is 0 Å². The molecule has 0 aliphatic carbocycles. The van der Waals surface area contributed by atoms with Gasteiger partial charge in [-0.05, 0) is 19.3 Å². The molecule has 0 saturated heterocycles. The van der Waals surface area contributed by atoms with E-state index in [0.29, 0.717) is 6.04 Å². The second-order valence-corrected chi connectivity index (χ2v) is 7.10. The molecular formula is C21H39N3S. The Morgan fingerprint density at radius 2 is 1.40 bits per heavy atom. The maximum Gasteiger partial charge on any atom is 0.241 e. The van der Waals surface area contributed by atoms with Crippen molar-refractivity contribution >= 4 is 12.6 Å². The van der Waals surface area contributed by atoms with Crippen LogP contribution in [0.25, 0.3) is 0 Å². The van der Waals surface area contributed by atoms with Crippen molar-refractivity contribution in [3.05, 3.63) is 18.7 Å². The standard InChI is InChI=1S/C20H38N2.CHNS/c1-3-5-6-7-8-9-10-11-12-13-14-16-20(15-4-2)22-18-17-21-19-22;2-1-3/h17-20H,3-16H2,1-2H3;3H. The molecule has 0 fully saturated rings. The lowest BCUT2D eigenvalue weighted by atomic mass is 10.0. The third-order valence-electron chi connectivity index (χ3n) is 4.75. The summed E-state index contributed by atoms with van der Waals surface area (Å²) < 4.78 is 2.36. The zero-order valence-corrected chi connectivity index (χ0v) is 17.3. The first kappa shape index (κ1) is 23.9. The molecule has 144 valence electrons. The molecule has 1 unspecified atom stereocenters. The largest absolute Gasteiger partial charge is 0.696 e. The van der Waals surface area contributed by atoms with Crippen LogP contribution in [-0.2, 0) is 12.6 Å². The zero-order valence-electron chi connectivity index (χ0n) is 16.5. The maximum atomic E-state index is 7.13. The fourth-order valence-electron chi connectivity index (χ4n) is 3.35. The number of rotatable bonds is 15. The predicted octanol–water partition coefficient (Wildman–Crippen LogP) is 6.36. The fourth-order valence-corrected chi connectivity index (χ4v) is 3.35. The molecule has 0 aliphatic heterocycles. The van der Waals surface area contributed by atoms with E-state index >= 15 is 0 Å². The third kappa shape index (κ3) is 14.9. The van der Waals surface area contributed by atoms with Gasteiger partial charge in [-0.2, -0.15) is 0 Å². The number of nitrogens with zero attached hydrogens (tertiary/aromatic N) is 2. The number of imidazole rings is 1. The number of thiocyanates is 1. The average molecular weight is 366 g/mol. The van der Waals surface area contributed by atoms with Gasteiger partial charge in [0.1, 0.15) is 18.4 Å². The molecule has 25 heavy (non-hydrogen) atoms. The number of nitrogens with one attached hydrogen (secondary N) is 1. The SMILES string of the molecule is CCCCCCCCCCCCCC(CCC)[n+]1cc[nH]c1.N#C[S-]. The van der Waals surface area contributed by atoms with Crippen LogP contribution in [0.5, 0.6) is 0 Å². The quantitative estimate of drug-likeness (QED) is 0.170. The average Bonchev–Trinajstić information content (AvgIpc) is 3.14. The van der Waals surface area contributed by atoms with E-state index in [-0.39, 0.29) is 0 Å². The van der Waals surface area contributed by atoms with Crippen LogP contribution in [0, 0.1) is 10.7 Å². The van der Waals surface area contributed by atoms with Gasteiger partial charge in [0.25, 0.3) is 0 Å². The molecule has 1 heterocycles. The Kier molecular flexibility index (Phi) is 18.4. The normalized spacial score (nSPS) is 11.4. The zero-order chi connectivity index (χ0) is 18.6. The highest BCUT2D eigenvalue weighted by Gasteiger charge is 2.13. The number of nitriles is 1. The molecule has 4 heteroatoms. The Balaban J connectivity index is 0.00000178. The van der Waals surface area contributed by atoms with Crippen LogP contribution in [-0.4, -0.2) is 4.98 Å². The van der Waals surface area contributed by atoms with E-state index in [1.807, 2.05) is 6.20 Å². The van der Waals surface area contributed by atoms with Crippen molar-refractivity contribution in [2.75, 3.05) is 0 Å². The van der Waals surface area contributed by atoms with Crippen molar-refractivity contribution in [1.82, 2.24) is 4.98 Å². The number of hydrogen-bond donors (Lipinski definition) is 1. The van der Waals surface area contributed by atoms with Gasteiger partial charge in [-0.25, -0.2) is 9.83 Å². The lowest BCUT2D eigenvalue weighted by Gasteiger charge is -2.12. The number of aromatic amines is 1. The minimum Gasteiger partial charge on any atom is -0.696 e. The van der Waals surface area contributed by atoms with Crippen molar-refractivity contribution in [1.29, 1.82) is 5.26 Å². The molecule has 1 rings (SSSR count). The Labute approximate surface area is 161 Å². The molecule has 0 amide bonds. The van der Waals surface area contributed by atoms with Crippen LogP contribution < -0.4 is 4.57 Å². The van der Waals surface area contributed by atoms with Crippen LogP contribution >= 0.6 is 0 Å². The number of aromatic nitrogens is 2. The Morgan fingerprint density at radius 1 is 0.880 bits per heavy atom. The van der Waals surface area contributed by atoms with Crippen LogP contribution in [0.1, 0.15) is 110 Å². The Hall–Kier alpha value is -1.08. The smallest absolute Gasteiger partial charge is 0.241 e. The molecule has 0 aromatic carbocycles. The molecule has 0 spiro atoms. The topological polar surface area (TPSA) is 43.5 Å². The van der Waals surface area contributed by atoms with Crippen molar-refractivity contribution in [2.45, 2.75) is 110 Å². The minimum atomic E-state index is 0.704. The molecule has 1 atom stereocenters. The molecule has 0 saturated carbocycles. The number of unbranched alkanes of at least 4 members (excludes halogenated alkanes) is 10. The molecule has 1 N–H and O–H groups in total. The lowest BCUT2D eigenvalue weighted by molar-refractivity contribution is -0.723. The first-order valence-electron chi connectivity index (χ1n) is 10.3. The van der Waals surface area contributed by atoms with Gasteiger partial charge in [-0.1, -0.05) is 89.9 Å². The molecule has 3 nitrogen and oxygen atoms in total. The van der Waals surface area contributed by atoms with Gasteiger partial charge < -0.3 is 12.6 Å². The van der Waals surface area contributed by atoms with Crippen molar-refractivity contribution in [3.63, 3.8) is 0 Å². The first-order valence-corrected chi connectivity index (χ1v) is 10.8. The summed E-state index contributed by atoms with van der Waals surface area (Å²) >= 11 is 3.70. The highest BCUT2D eigenvalue weighted by Crippen LogP contribution is 2.17. The summed E-state index contributed by atoms with van der Waals surface area (Å²) in [6.07, 6.45) is 26.0. The summed E-state index contributed by atoms with van der Waals surface area (Å²) in [7, 11) is 0. The molecule has 0 radical (unpaired) electrons. The number of H-pyrrole nitrogens is 1. The van der Waals surface area contributed by atoms with Crippen molar-refractivity contribution < 1.29 is 4.57 Å². The van der Waals surface area contributed by atoms with Crippen LogP contribution in [0.3, 0.4) is 0 Å². The van der Waals surface area contributed by atoms with E-state index < -0.39 is 0 Å². The van der Waals surface area contributed by atoms with Gasteiger partial charge in [0.2, 0.25) is 6.33 Å². The third-order valence-corrected chi connectivity index (χ3v) is 4.75. The van der Waals surface area contributed by atoms with Gasteiger partial charge in [0.15, 0.2) is 0 Å². The summed E-state index contributed by atoms with van der Waals surface area (Å²) in [5.74, 6) is 0. The monoisotopic (exact) mass is 365 g/mol. The highest BCUT2D eigenvalue weighted by molar-refractivity contribution is 7.64. The van der Waals surface area contributed by atoms with Gasteiger partial charge in [0.05, 0.1) is 0 Å². The van der Waals surface area contributed by atoms with E-state index in [4.69, 9.17) is 5.26 Å². The van der Waals surface area contributed by atoms with Gasteiger partial charge >= 0.3 is 0 Å². The van der Waals surface area contributed by atoms with Crippen LogP contribution in [0.2, 0.25) is 0 Å². The Bertz CT molecular complexity index is 398. The van der Waals surface area contributed by atoms with E-state index in [1.54, 1.807) is 0 Å². The predicted molar refractivity (Wildman–Crippen MR) is 109 cm³/mol. The van der Waals surface area contributed by atoms with Gasteiger partial charge in [0, 0.05) is 0 Å². The second kappa shape index (κ2) is 19.2. The van der Waals surface area contributed by atoms with E-state index in [9.17, 15) is 0 Å². The summed E-state index contributed by atoms with van der Waals surface area (Å²) in [4.78, 5) is 3.17. The molecular weight excluding hydrogens is 326 g/mol. The van der Waals surface area contributed by atoms with E-state index in [0.717, 1.165) is 0 Å². The second-order valence-electron chi connectivity index (χ2n) is 6.92. The van der Waals surface area contributed by atoms with Crippen molar-refractivity contribution in [3.8, 4) is 5.40 Å². The van der Waals surface area contributed by atoms with E-state index in [1.165, 1.54) is 95.3 Å². The van der Waals surface area contributed by atoms with E-state index in [2.05, 4.69) is 48.6 Å². The summed E-state index contributed by atoms with van der Waals surface area (Å²) in [5.41, 5.74) is 0. The summed E-state index contributed by atoms with van der Waals surface area (Å²) in [5, 5.41) is 8.47. The molecule has 0 aliphatic rings.